The maximum Gasteiger partial charge on any atom is 0.234 e. The van der Waals surface area contributed by atoms with Crippen molar-refractivity contribution in [3.05, 3.63) is 0 Å². The van der Waals surface area contributed by atoms with E-state index < -0.39 is 0 Å². The van der Waals surface area contributed by atoms with E-state index >= 15 is 0 Å². The van der Waals surface area contributed by atoms with Crippen molar-refractivity contribution in [3.8, 4) is 0 Å². The molecule has 1 aliphatic rings. The van der Waals surface area contributed by atoms with Crippen LogP contribution in [0.5, 0.6) is 0 Å². The molecule has 0 saturated heterocycles. The first kappa shape index (κ1) is 14.0. The number of carbonyl (C=O) groups is 1. The van der Waals surface area contributed by atoms with Gasteiger partial charge in [-0.3, -0.25) is 4.79 Å². The minimum atomic E-state index is -0.0536. The fourth-order valence-electron chi connectivity index (χ4n) is 2.26. The summed E-state index contributed by atoms with van der Waals surface area (Å²) >= 11 is 3.45. The molecule has 0 bridgehead atoms. The summed E-state index contributed by atoms with van der Waals surface area (Å²) in [5.41, 5.74) is 0. The molecule has 0 aromatic carbocycles. The minimum absolute atomic E-state index is 0.0536. The van der Waals surface area contributed by atoms with Crippen molar-refractivity contribution >= 4 is 21.8 Å². The monoisotopic (exact) mass is 289 g/mol. The molecule has 4 atom stereocenters. The summed E-state index contributed by atoms with van der Waals surface area (Å²) in [6, 6.07) is 0.387. The fraction of sp³-hybridized carbons (Fsp3) is 0.923. The van der Waals surface area contributed by atoms with Crippen LogP contribution in [-0.2, 0) is 4.79 Å². The van der Waals surface area contributed by atoms with Gasteiger partial charge in [0.2, 0.25) is 5.91 Å². The van der Waals surface area contributed by atoms with Gasteiger partial charge in [0.15, 0.2) is 0 Å². The number of alkyl halides is 1. The Hall–Kier alpha value is -0.0500. The van der Waals surface area contributed by atoms with Crippen LogP contribution in [-0.4, -0.2) is 16.8 Å². The van der Waals surface area contributed by atoms with E-state index in [1.807, 2.05) is 0 Å². The van der Waals surface area contributed by atoms with Crippen molar-refractivity contribution in [1.29, 1.82) is 0 Å². The van der Waals surface area contributed by atoms with E-state index in [-0.39, 0.29) is 10.7 Å². The molecule has 1 amide bonds. The molecule has 1 saturated carbocycles. The van der Waals surface area contributed by atoms with Gasteiger partial charge in [0.1, 0.15) is 0 Å². The summed E-state index contributed by atoms with van der Waals surface area (Å²) in [5.74, 6) is 2.03. The first-order valence-corrected chi connectivity index (χ1v) is 7.27. The fourth-order valence-corrected chi connectivity index (χ4v) is 2.39. The second-order valence-corrected chi connectivity index (χ2v) is 6.61. The Bertz CT molecular complexity index is 242. The number of hydrogen-bond acceptors (Lipinski definition) is 1. The van der Waals surface area contributed by atoms with Gasteiger partial charge in [0.25, 0.3) is 0 Å². The number of carbonyl (C=O) groups excluding carboxylic acids is 1. The van der Waals surface area contributed by atoms with Crippen LogP contribution in [0, 0.1) is 17.8 Å². The van der Waals surface area contributed by atoms with Crippen molar-refractivity contribution < 1.29 is 4.79 Å². The number of nitrogens with one attached hydrogen (secondary N) is 1. The van der Waals surface area contributed by atoms with Crippen molar-refractivity contribution in [2.45, 2.75) is 57.8 Å². The second kappa shape index (κ2) is 6.04. The summed E-state index contributed by atoms with van der Waals surface area (Å²) < 4.78 is 0. The Balaban J connectivity index is 2.40. The molecule has 16 heavy (non-hydrogen) atoms. The number of amides is 1. The molecule has 1 fully saturated rings. The average molecular weight is 290 g/mol. The topological polar surface area (TPSA) is 29.1 Å². The number of halogens is 1. The summed E-state index contributed by atoms with van der Waals surface area (Å²) in [4.78, 5) is 11.8. The van der Waals surface area contributed by atoms with Gasteiger partial charge in [-0.15, -0.1) is 0 Å². The molecule has 4 unspecified atom stereocenters. The summed E-state index contributed by atoms with van der Waals surface area (Å²) in [5, 5.41) is 3.17. The highest BCUT2D eigenvalue weighted by Gasteiger charge is 2.27. The van der Waals surface area contributed by atoms with Crippen molar-refractivity contribution in [2.24, 2.45) is 17.8 Å². The maximum absolute atomic E-state index is 11.9. The quantitative estimate of drug-likeness (QED) is 0.794. The largest absolute Gasteiger partial charge is 0.352 e. The molecular formula is C13H24BrNO. The van der Waals surface area contributed by atoms with Crippen LogP contribution in [0.1, 0.15) is 47.0 Å². The SMILES string of the molecule is CC(C)C(Br)C(=O)NC1CCC(C)C(C)C1. The first-order chi connectivity index (χ1) is 7.41. The van der Waals surface area contributed by atoms with Crippen LogP contribution in [0.2, 0.25) is 0 Å². The Morgan fingerprint density at radius 1 is 1.25 bits per heavy atom. The number of hydrogen-bond donors (Lipinski definition) is 1. The van der Waals surface area contributed by atoms with Crippen LogP contribution in [0.3, 0.4) is 0 Å². The molecule has 1 N–H and O–H groups in total. The molecule has 1 aliphatic carbocycles. The lowest BCUT2D eigenvalue weighted by Gasteiger charge is -2.33. The summed E-state index contributed by atoms with van der Waals surface area (Å²) in [6.07, 6.45) is 3.50. The highest BCUT2D eigenvalue weighted by Crippen LogP contribution is 2.29. The standard InChI is InChI=1S/C13H24BrNO/c1-8(2)12(14)13(16)15-11-6-5-9(3)10(4)7-11/h8-12H,5-7H2,1-4H3,(H,15,16). The lowest BCUT2D eigenvalue weighted by molar-refractivity contribution is -0.122. The van der Waals surface area contributed by atoms with Crippen molar-refractivity contribution in [3.63, 3.8) is 0 Å². The summed E-state index contributed by atoms with van der Waals surface area (Å²) in [6.45, 7) is 8.72. The molecule has 0 radical (unpaired) electrons. The lowest BCUT2D eigenvalue weighted by Crippen LogP contribution is -2.44. The third-order valence-electron chi connectivity index (χ3n) is 3.78. The van der Waals surface area contributed by atoms with Gasteiger partial charge in [0.05, 0.1) is 4.83 Å². The zero-order valence-electron chi connectivity index (χ0n) is 10.8. The molecule has 0 heterocycles. The van der Waals surface area contributed by atoms with E-state index in [9.17, 15) is 4.79 Å². The first-order valence-electron chi connectivity index (χ1n) is 6.36. The van der Waals surface area contributed by atoms with Crippen molar-refractivity contribution in [2.75, 3.05) is 0 Å². The maximum atomic E-state index is 11.9. The minimum Gasteiger partial charge on any atom is -0.352 e. The molecule has 3 heteroatoms. The van der Waals surface area contributed by atoms with Gasteiger partial charge >= 0.3 is 0 Å². The average Bonchev–Trinajstić information content (AvgIpc) is 2.22. The van der Waals surface area contributed by atoms with Gasteiger partial charge in [-0.05, 0) is 37.0 Å². The van der Waals surface area contributed by atoms with E-state index in [0.29, 0.717) is 12.0 Å². The Morgan fingerprint density at radius 2 is 1.88 bits per heavy atom. The Kier molecular flexibility index (Phi) is 5.29. The highest BCUT2D eigenvalue weighted by atomic mass is 79.9. The Morgan fingerprint density at radius 3 is 2.38 bits per heavy atom. The molecule has 94 valence electrons. The third-order valence-corrected chi connectivity index (χ3v) is 5.25. The van der Waals surface area contributed by atoms with Gasteiger partial charge in [-0.25, -0.2) is 0 Å². The van der Waals surface area contributed by atoms with E-state index in [4.69, 9.17) is 0 Å². The van der Waals surface area contributed by atoms with Gasteiger partial charge in [-0.1, -0.05) is 43.6 Å². The van der Waals surface area contributed by atoms with E-state index in [1.165, 1.54) is 6.42 Å². The van der Waals surface area contributed by atoms with Gasteiger partial charge in [-0.2, -0.15) is 0 Å². The molecule has 0 aliphatic heterocycles. The van der Waals surface area contributed by atoms with Crippen LogP contribution < -0.4 is 5.32 Å². The predicted molar refractivity (Wildman–Crippen MR) is 71.7 cm³/mol. The van der Waals surface area contributed by atoms with E-state index in [2.05, 4.69) is 48.9 Å². The predicted octanol–water partition coefficient (Wildman–Crippen LogP) is 3.35. The van der Waals surface area contributed by atoms with Crippen LogP contribution in [0.4, 0.5) is 0 Å². The highest BCUT2D eigenvalue weighted by molar-refractivity contribution is 9.10. The summed E-state index contributed by atoms with van der Waals surface area (Å²) in [7, 11) is 0. The van der Waals surface area contributed by atoms with E-state index in [0.717, 1.165) is 24.7 Å². The second-order valence-electron chi connectivity index (χ2n) is 5.62. The van der Waals surface area contributed by atoms with Crippen LogP contribution in [0.25, 0.3) is 0 Å². The molecular weight excluding hydrogens is 266 g/mol. The normalized spacial score (nSPS) is 32.5. The number of rotatable bonds is 3. The molecule has 0 aromatic rings. The van der Waals surface area contributed by atoms with Crippen LogP contribution in [0.15, 0.2) is 0 Å². The van der Waals surface area contributed by atoms with Crippen LogP contribution >= 0.6 is 15.9 Å². The lowest BCUT2D eigenvalue weighted by atomic mass is 9.79. The molecule has 0 spiro atoms. The molecule has 0 aromatic heterocycles. The van der Waals surface area contributed by atoms with Crippen molar-refractivity contribution in [1.82, 2.24) is 5.32 Å². The molecule has 1 rings (SSSR count). The third kappa shape index (κ3) is 3.76. The molecule has 2 nitrogen and oxygen atoms in total. The smallest absolute Gasteiger partial charge is 0.234 e. The zero-order valence-corrected chi connectivity index (χ0v) is 12.4. The Labute approximate surface area is 108 Å². The van der Waals surface area contributed by atoms with Gasteiger partial charge in [0, 0.05) is 6.04 Å². The zero-order chi connectivity index (χ0) is 12.3. The van der Waals surface area contributed by atoms with E-state index in [1.54, 1.807) is 0 Å². The van der Waals surface area contributed by atoms with Gasteiger partial charge < -0.3 is 5.32 Å².